The van der Waals surface area contributed by atoms with Crippen LogP contribution in [0.4, 0.5) is 11.4 Å². The van der Waals surface area contributed by atoms with Gasteiger partial charge in [0.2, 0.25) is 5.91 Å². The fourth-order valence-electron chi connectivity index (χ4n) is 4.22. The average molecular weight is 484 g/mol. The maximum absolute atomic E-state index is 13.0. The van der Waals surface area contributed by atoms with Crippen molar-refractivity contribution in [3.8, 4) is 0 Å². The molecule has 1 aromatic carbocycles. The van der Waals surface area contributed by atoms with Gasteiger partial charge < -0.3 is 9.80 Å². The number of hydrogen-bond donors (Lipinski definition) is 0. The number of hydrazone groups is 1. The van der Waals surface area contributed by atoms with Crippen molar-refractivity contribution in [2.24, 2.45) is 5.10 Å². The first kappa shape index (κ1) is 22.5. The Morgan fingerprint density at radius 2 is 1.91 bits per heavy atom. The van der Waals surface area contributed by atoms with E-state index in [0.29, 0.717) is 38.3 Å². The first-order valence-corrected chi connectivity index (χ1v) is 12.4. The van der Waals surface area contributed by atoms with Crippen molar-refractivity contribution in [1.82, 2.24) is 9.91 Å². The summed E-state index contributed by atoms with van der Waals surface area (Å²) in [5.41, 5.74) is 0.593. The highest BCUT2D eigenvalue weighted by Crippen LogP contribution is 2.32. The van der Waals surface area contributed by atoms with Crippen LogP contribution in [0.15, 0.2) is 23.3 Å². The fourth-order valence-corrected chi connectivity index (χ4v) is 6.08. The van der Waals surface area contributed by atoms with Crippen molar-refractivity contribution in [3.63, 3.8) is 0 Å². The Bertz CT molecular complexity index is 1100. The Hall–Kier alpha value is -2.73. The van der Waals surface area contributed by atoms with Gasteiger partial charge in [-0.2, -0.15) is 5.10 Å². The van der Waals surface area contributed by atoms with E-state index in [0.717, 1.165) is 0 Å². The van der Waals surface area contributed by atoms with E-state index in [-0.39, 0.29) is 52.6 Å². The molecule has 0 aromatic heterocycles. The molecule has 4 rings (SSSR count). The largest absolute Gasteiger partial charge is 0.362 e. The zero-order valence-electron chi connectivity index (χ0n) is 17.1. The molecule has 3 aliphatic heterocycles. The molecule has 2 amide bonds. The summed E-state index contributed by atoms with van der Waals surface area (Å²) in [6.45, 7) is 1.46. The quantitative estimate of drug-likeness (QED) is 0.461. The Morgan fingerprint density at radius 1 is 1.19 bits per heavy atom. The summed E-state index contributed by atoms with van der Waals surface area (Å²) in [6, 6.07) is 3.97. The molecule has 2 saturated heterocycles. The molecule has 11 nitrogen and oxygen atoms in total. The predicted molar refractivity (Wildman–Crippen MR) is 117 cm³/mol. The molecule has 32 heavy (non-hydrogen) atoms. The van der Waals surface area contributed by atoms with Crippen LogP contribution in [0.5, 0.6) is 0 Å². The van der Waals surface area contributed by atoms with E-state index < -0.39 is 20.8 Å². The molecule has 1 atom stereocenters. The molecule has 0 bridgehead atoms. The molecule has 0 saturated carbocycles. The van der Waals surface area contributed by atoms with Gasteiger partial charge in [0.25, 0.3) is 11.6 Å². The lowest BCUT2D eigenvalue weighted by Crippen LogP contribution is -2.52. The maximum atomic E-state index is 13.0. The highest BCUT2D eigenvalue weighted by atomic mass is 35.5. The number of amides is 2. The van der Waals surface area contributed by atoms with Crippen LogP contribution in [0.3, 0.4) is 0 Å². The highest BCUT2D eigenvalue weighted by Gasteiger charge is 2.38. The molecule has 13 heteroatoms. The smallest absolute Gasteiger partial charge is 0.294 e. The van der Waals surface area contributed by atoms with Crippen LogP contribution in [-0.4, -0.2) is 84.5 Å². The molecule has 0 unspecified atom stereocenters. The second-order valence-corrected chi connectivity index (χ2v) is 10.7. The van der Waals surface area contributed by atoms with E-state index in [1.165, 1.54) is 11.1 Å². The number of carbonyl (C=O) groups excluding carboxylic acids is 2. The van der Waals surface area contributed by atoms with E-state index in [4.69, 9.17) is 11.6 Å². The van der Waals surface area contributed by atoms with Crippen molar-refractivity contribution in [2.45, 2.75) is 25.3 Å². The predicted octanol–water partition coefficient (Wildman–Crippen LogP) is 1.06. The zero-order chi connectivity index (χ0) is 23.0. The van der Waals surface area contributed by atoms with Crippen molar-refractivity contribution in [2.75, 3.05) is 42.6 Å². The SMILES string of the molecule is O=C(C1=NN([C@@H]2CCS(=O)(=O)C2)C(=O)CC1)N1CCN(c2ccc(Cl)cc2[N+](=O)[O-])CC1. The molecule has 0 radical (unpaired) electrons. The van der Waals surface area contributed by atoms with Crippen LogP contribution in [-0.2, 0) is 19.4 Å². The van der Waals surface area contributed by atoms with Crippen molar-refractivity contribution < 1.29 is 22.9 Å². The van der Waals surface area contributed by atoms with Gasteiger partial charge in [0, 0.05) is 50.1 Å². The molecule has 0 N–H and O–H groups in total. The zero-order valence-corrected chi connectivity index (χ0v) is 18.7. The standard InChI is InChI=1S/C19H22ClN5O6S/c20-13-1-3-16(17(11-13)25(28)29)22-6-8-23(9-7-22)19(27)15-2-4-18(26)24(21-15)14-5-10-32(30,31)12-14/h1,3,11,14H,2,4-10,12H2/t14-/m1/s1. The monoisotopic (exact) mass is 483 g/mol. The lowest BCUT2D eigenvalue weighted by atomic mass is 10.1. The number of piperazine rings is 1. The maximum Gasteiger partial charge on any atom is 0.294 e. The van der Waals surface area contributed by atoms with Gasteiger partial charge in [-0.15, -0.1) is 0 Å². The fraction of sp³-hybridized carbons (Fsp3) is 0.526. The molecule has 1 aromatic rings. The van der Waals surface area contributed by atoms with Gasteiger partial charge in [-0.25, -0.2) is 13.4 Å². The third-order valence-corrected chi connectivity index (χ3v) is 7.89. The van der Waals surface area contributed by atoms with E-state index in [1.807, 2.05) is 4.90 Å². The van der Waals surface area contributed by atoms with Gasteiger partial charge in [0.05, 0.1) is 22.5 Å². The third kappa shape index (κ3) is 4.56. The van der Waals surface area contributed by atoms with E-state index in [1.54, 1.807) is 17.0 Å². The number of nitrogens with zero attached hydrogens (tertiary/aromatic N) is 5. The first-order chi connectivity index (χ1) is 15.1. The van der Waals surface area contributed by atoms with Crippen molar-refractivity contribution >= 4 is 50.3 Å². The number of halogens is 1. The van der Waals surface area contributed by atoms with Crippen LogP contribution in [0.1, 0.15) is 19.3 Å². The molecule has 172 valence electrons. The summed E-state index contributed by atoms with van der Waals surface area (Å²) in [5.74, 6) is -0.696. The minimum absolute atomic E-state index is 0.0129. The number of benzene rings is 1. The molecule has 0 spiro atoms. The normalized spacial score (nSPS) is 23.3. The first-order valence-electron chi connectivity index (χ1n) is 10.2. The number of sulfone groups is 1. The number of hydrogen-bond acceptors (Lipinski definition) is 8. The van der Waals surface area contributed by atoms with Gasteiger partial charge in [-0.3, -0.25) is 19.7 Å². The Kier molecular flexibility index (Phi) is 6.08. The van der Waals surface area contributed by atoms with Crippen LogP contribution < -0.4 is 4.90 Å². The van der Waals surface area contributed by atoms with Crippen LogP contribution >= 0.6 is 11.6 Å². The van der Waals surface area contributed by atoms with E-state index in [2.05, 4.69) is 5.10 Å². The van der Waals surface area contributed by atoms with Crippen LogP contribution in [0, 0.1) is 10.1 Å². The summed E-state index contributed by atoms with van der Waals surface area (Å²) in [6.07, 6.45) is 0.631. The van der Waals surface area contributed by atoms with Gasteiger partial charge in [0.1, 0.15) is 11.4 Å². The lowest BCUT2D eigenvalue weighted by Gasteiger charge is -2.36. The minimum Gasteiger partial charge on any atom is -0.362 e. The number of nitro groups is 1. The van der Waals surface area contributed by atoms with Gasteiger partial charge in [0.15, 0.2) is 9.84 Å². The molecule has 0 aliphatic carbocycles. The summed E-state index contributed by atoms with van der Waals surface area (Å²) < 4.78 is 23.5. The van der Waals surface area contributed by atoms with Crippen LogP contribution in [0.2, 0.25) is 5.02 Å². The summed E-state index contributed by atoms with van der Waals surface area (Å²) >= 11 is 5.88. The van der Waals surface area contributed by atoms with Gasteiger partial charge >= 0.3 is 0 Å². The summed E-state index contributed by atoms with van der Waals surface area (Å²) in [5, 5.41) is 17.1. The molecule has 3 aliphatic rings. The Balaban J connectivity index is 1.44. The van der Waals surface area contributed by atoms with Gasteiger partial charge in [-0.1, -0.05) is 11.6 Å². The third-order valence-electron chi connectivity index (χ3n) is 5.90. The van der Waals surface area contributed by atoms with E-state index in [9.17, 15) is 28.1 Å². The number of rotatable bonds is 4. The number of carbonyl (C=O) groups is 2. The van der Waals surface area contributed by atoms with Crippen molar-refractivity contribution in [3.05, 3.63) is 33.3 Å². The lowest BCUT2D eigenvalue weighted by molar-refractivity contribution is -0.384. The molecule has 2 fully saturated rings. The molecule has 3 heterocycles. The number of anilines is 1. The van der Waals surface area contributed by atoms with Crippen molar-refractivity contribution in [1.29, 1.82) is 0 Å². The Labute approximate surface area is 189 Å². The summed E-state index contributed by atoms with van der Waals surface area (Å²) in [7, 11) is -3.19. The summed E-state index contributed by atoms with van der Waals surface area (Å²) in [4.78, 5) is 39.6. The Morgan fingerprint density at radius 3 is 2.53 bits per heavy atom. The molecular formula is C19H22ClN5O6S. The topological polar surface area (TPSA) is 134 Å². The van der Waals surface area contributed by atoms with Gasteiger partial charge in [-0.05, 0) is 18.6 Å². The average Bonchev–Trinajstić information content (AvgIpc) is 3.13. The second kappa shape index (κ2) is 8.66. The minimum atomic E-state index is -3.19. The highest BCUT2D eigenvalue weighted by molar-refractivity contribution is 7.91. The van der Waals surface area contributed by atoms with Crippen LogP contribution in [0.25, 0.3) is 0 Å². The number of nitro benzene ring substituents is 1. The molecular weight excluding hydrogens is 462 g/mol. The van der Waals surface area contributed by atoms with E-state index >= 15 is 0 Å². The second-order valence-electron chi connectivity index (χ2n) is 8.01.